The molecule has 1 aromatic carbocycles. The average Bonchev–Trinajstić information content (AvgIpc) is 2.41. The van der Waals surface area contributed by atoms with Crippen LogP contribution >= 0.6 is 0 Å². The van der Waals surface area contributed by atoms with E-state index in [9.17, 15) is 9.90 Å². The molecule has 0 bridgehead atoms. The molecule has 0 saturated carbocycles. The Labute approximate surface area is 114 Å². The minimum absolute atomic E-state index is 0.0874. The Bertz CT molecular complexity index is 430. The summed E-state index contributed by atoms with van der Waals surface area (Å²) in [5, 5.41) is 9.22. The zero-order chi connectivity index (χ0) is 13.8. The minimum Gasteiger partial charge on any atom is -0.508 e. The first-order valence-corrected chi connectivity index (χ1v) is 6.67. The number of ether oxygens (including phenoxy) is 1. The van der Waals surface area contributed by atoms with E-state index >= 15 is 0 Å². The van der Waals surface area contributed by atoms with Gasteiger partial charge in [-0.2, -0.15) is 0 Å². The lowest BCUT2D eigenvalue weighted by molar-refractivity contribution is -0.00324. The molecule has 1 fully saturated rings. The van der Waals surface area contributed by atoms with Gasteiger partial charge in [-0.25, -0.2) is 0 Å². The molecule has 4 nitrogen and oxygen atoms in total. The van der Waals surface area contributed by atoms with Crippen LogP contribution in [0.25, 0.3) is 0 Å². The van der Waals surface area contributed by atoms with Gasteiger partial charge < -0.3 is 9.84 Å². The second-order valence-corrected chi connectivity index (χ2v) is 5.25. The number of methoxy groups -OCH3 is 1. The van der Waals surface area contributed by atoms with Crippen molar-refractivity contribution in [2.24, 2.45) is 5.92 Å². The Kier molecular flexibility index (Phi) is 4.56. The number of carbonyl (C=O) groups excluding carboxylic acids is 1. The van der Waals surface area contributed by atoms with Gasteiger partial charge in [0, 0.05) is 19.2 Å². The number of rotatable bonds is 4. The number of Topliss-reactive ketones (excluding diaryl/α,β-unsaturated/α-hetero) is 1. The maximum atomic E-state index is 12.1. The van der Waals surface area contributed by atoms with Gasteiger partial charge in [0.25, 0.3) is 0 Å². The van der Waals surface area contributed by atoms with Gasteiger partial charge in [0.05, 0.1) is 12.6 Å². The summed E-state index contributed by atoms with van der Waals surface area (Å²) < 4.78 is 5.45. The normalized spacial score (nSPS) is 24.3. The highest BCUT2D eigenvalue weighted by atomic mass is 16.5. The summed E-state index contributed by atoms with van der Waals surface area (Å²) in [5.74, 6) is 0.817. The Morgan fingerprint density at radius 3 is 2.74 bits per heavy atom. The third-order valence-corrected chi connectivity index (χ3v) is 3.83. The third-order valence-electron chi connectivity index (χ3n) is 3.83. The Morgan fingerprint density at radius 2 is 2.11 bits per heavy atom. The lowest BCUT2D eigenvalue weighted by atomic mass is 9.95. The molecule has 1 aliphatic rings. The van der Waals surface area contributed by atoms with Gasteiger partial charge in [-0.15, -0.1) is 0 Å². The monoisotopic (exact) mass is 263 g/mol. The SMILES string of the molecule is COC1CN(CC(=O)c2ccc(O)cc2)CCC1C. The topological polar surface area (TPSA) is 49.8 Å². The quantitative estimate of drug-likeness (QED) is 0.843. The van der Waals surface area contributed by atoms with E-state index in [1.165, 1.54) is 0 Å². The summed E-state index contributed by atoms with van der Waals surface area (Å²) in [6, 6.07) is 6.42. The molecule has 104 valence electrons. The van der Waals surface area contributed by atoms with Crippen LogP contribution in [0.2, 0.25) is 0 Å². The van der Waals surface area contributed by atoms with Gasteiger partial charge in [-0.3, -0.25) is 9.69 Å². The molecule has 1 aromatic rings. The number of carbonyl (C=O) groups is 1. The molecule has 2 rings (SSSR count). The summed E-state index contributed by atoms with van der Waals surface area (Å²) in [6.07, 6.45) is 1.27. The van der Waals surface area contributed by atoms with Crippen LogP contribution in [-0.4, -0.2) is 48.6 Å². The van der Waals surface area contributed by atoms with E-state index in [0.29, 0.717) is 18.0 Å². The molecule has 19 heavy (non-hydrogen) atoms. The molecule has 2 atom stereocenters. The van der Waals surface area contributed by atoms with Gasteiger partial charge in [0.2, 0.25) is 0 Å². The number of likely N-dealkylation sites (tertiary alicyclic amines) is 1. The van der Waals surface area contributed by atoms with E-state index < -0.39 is 0 Å². The summed E-state index contributed by atoms with van der Waals surface area (Å²) in [5.41, 5.74) is 0.644. The first-order valence-electron chi connectivity index (χ1n) is 6.67. The number of benzene rings is 1. The van der Waals surface area contributed by atoms with Crippen LogP contribution in [0, 0.1) is 5.92 Å². The zero-order valence-electron chi connectivity index (χ0n) is 11.5. The number of ketones is 1. The van der Waals surface area contributed by atoms with Gasteiger partial charge in [0.15, 0.2) is 5.78 Å². The van der Waals surface area contributed by atoms with E-state index in [2.05, 4.69) is 11.8 Å². The Hall–Kier alpha value is -1.39. The first-order chi connectivity index (χ1) is 9.10. The predicted octanol–water partition coefficient (Wildman–Crippen LogP) is 1.93. The van der Waals surface area contributed by atoms with Crippen molar-refractivity contribution in [1.82, 2.24) is 4.90 Å². The fourth-order valence-electron chi connectivity index (χ4n) is 2.49. The molecule has 1 heterocycles. The molecule has 4 heteroatoms. The minimum atomic E-state index is 0.0874. The van der Waals surface area contributed by atoms with Gasteiger partial charge >= 0.3 is 0 Å². The van der Waals surface area contributed by atoms with Crippen LogP contribution < -0.4 is 0 Å². The zero-order valence-corrected chi connectivity index (χ0v) is 11.5. The third kappa shape index (κ3) is 3.55. The number of phenolic OH excluding ortho intramolecular Hbond substituents is 1. The smallest absolute Gasteiger partial charge is 0.176 e. The van der Waals surface area contributed by atoms with E-state index in [1.54, 1.807) is 31.4 Å². The van der Waals surface area contributed by atoms with E-state index in [4.69, 9.17) is 4.74 Å². The molecule has 0 spiro atoms. The maximum Gasteiger partial charge on any atom is 0.176 e. The molecule has 0 aromatic heterocycles. The Balaban J connectivity index is 1.94. The number of piperidine rings is 1. The van der Waals surface area contributed by atoms with Crippen molar-refractivity contribution in [2.75, 3.05) is 26.7 Å². The second kappa shape index (κ2) is 6.17. The highest BCUT2D eigenvalue weighted by Crippen LogP contribution is 2.20. The van der Waals surface area contributed by atoms with Crippen LogP contribution in [0.1, 0.15) is 23.7 Å². The Morgan fingerprint density at radius 1 is 1.42 bits per heavy atom. The maximum absolute atomic E-state index is 12.1. The van der Waals surface area contributed by atoms with Crippen molar-refractivity contribution in [2.45, 2.75) is 19.4 Å². The van der Waals surface area contributed by atoms with Crippen molar-refractivity contribution in [3.8, 4) is 5.75 Å². The van der Waals surface area contributed by atoms with Crippen LogP contribution in [-0.2, 0) is 4.74 Å². The number of aromatic hydroxyl groups is 1. The van der Waals surface area contributed by atoms with Crippen LogP contribution in [0.5, 0.6) is 5.75 Å². The highest BCUT2D eigenvalue weighted by molar-refractivity contribution is 5.97. The fraction of sp³-hybridized carbons (Fsp3) is 0.533. The van der Waals surface area contributed by atoms with Gasteiger partial charge in [0.1, 0.15) is 5.75 Å². The molecule has 2 unspecified atom stereocenters. The highest BCUT2D eigenvalue weighted by Gasteiger charge is 2.27. The van der Waals surface area contributed by atoms with Crippen LogP contribution in [0.4, 0.5) is 0 Å². The molecule has 0 amide bonds. The number of nitrogens with zero attached hydrogens (tertiary/aromatic N) is 1. The van der Waals surface area contributed by atoms with Gasteiger partial charge in [-0.05, 0) is 43.1 Å². The summed E-state index contributed by atoms with van der Waals surface area (Å²) in [4.78, 5) is 14.3. The molecule has 0 aliphatic carbocycles. The average molecular weight is 263 g/mol. The van der Waals surface area contributed by atoms with Crippen molar-refractivity contribution in [1.29, 1.82) is 0 Å². The molecule has 1 saturated heterocycles. The van der Waals surface area contributed by atoms with Crippen molar-refractivity contribution < 1.29 is 14.6 Å². The number of hydrogen-bond acceptors (Lipinski definition) is 4. The van der Waals surface area contributed by atoms with E-state index in [0.717, 1.165) is 19.5 Å². The van der Waals surface area contributed by atoms with Crippen molar-refractivity contribution >= 4 is 5.78 Å². The standard InChI is InChI=1S/C15H21NO3/c1-11-7-8-16(10-15(11)19-2)9-14(18)12-3-5-13(17)6-4-12/h3-6,11,15,17H,7-10H2,1-2H3. The number of phenols is 1. The number of hydrogen-bond donors (Lipinski definition) is 1. The predicted molar refractivity (Wildman–Crippen MR) is 73.5 cm³/mol. The molecular formula is C15H21NO3. The van der Waals surface area contributed by atoms with Gasteiger partial charge in [-0.1, -0.05) is 6.92 Å². The van der Waals surface area contributed by atoms with Crippen molar-refractivity contribution in [3.63, 3.8) is 0 Å². The molecular weight excluding hydrogens is 242 g/mol. The summed E-state index contributed by atoms with van der Waals surface area (Å²) >= 11 is 0. The van der Waals surface area contributed by atoms with E-state index in [-0.39, 0.29) is 17.6 Å². The van der Waals surface area contributed by atoms with Crippen LogP contribution in [0.15, 0.2) is 24.3 Å². The largest absolute Gasteiger partial charge is 0.508 e. The van der Waals surface area contributed by atoms with Crippen LogP contribution in [0.3, 0.4) is 0 Å². The molecule has 1 aliphatic heterocycles. The first kappa shape index (κ1) is 14.0. The summed E-state index contributed by atoms with van der Waals surface area (Å²) in [7, 11) is 1.73. The fourth-order valence-corrected chi connectivity index (χ4v) is 2.49. The second-order valence-electron chi connectivity index (χ2n) is 5.25. The summed E-state index contributed by atoms with van der Waals surface area (Å²) in [6.45, 7) is 4.34. The lowest BCUT2D eigenvalue weighted by Gasteiger charge is -2.35. The molecule has 1 N–H and O–H groups in total. The molecule has 0 radical (unpaired) electrons. The van der Waals surface area contributed by atoms with Crippen molar-refractivity contribution in [3.05, 3.63) is 29.8 Å². The van der Waals surface area contributed by atoms with E-state index in [1.807, 2.05) is 0 Å². The lowest BCUT2D eigenvalue weighted by Crippen LogP contribution is -2.45.